The Labute approximate surface area is 44.7 Å². The molecular formula is C3H4BrNO. The molecule has 2 nitrogen and oxygen atoms in total. The molecule has 0 atom stereocenters. The molecule has 0 aromatic rings. The molecule has 0 saturated heterocycles. The van der Waals surface area contributed by atoms with Gasteiger partial charge >= 0.3 is 0 Å². The summed E-state index contributed by atoms with van der Waals surface area (Å²) >= 11 is 3.09. The molecule has 0 N–H and O–H groups in total. The number of hydrogen-bond acceptors (Lipinski definition) is 2. The summed E-state index contributed by atoms with van der Waals surface area (Å²) in [7, 11) is 0. The van der Waals surface area contributed by atoms with Gasteiger partial charge in [-0.25, -0.2) is 0 Å². The van der Waals surface area contributed by atoms with Crippen molar-refractivity contribution in [3.8, 4) is 0 Å². The number of hydrogen-bond donors (Lipinski definition) is 0. The molecule has 0 unspecified atom stereocenters. The standard InChI is InChI=1S/C3H4BrNO/c4-5-2-1-3-6-5/h1,3H,2H2. The smallest absolute Gasteiger partial charge is 0.110 e. The number of hydroxylamine groups is 1. The topological polar surface area (TPSA) is 12.5 Å². The van der Waals surface area contributed by atoms with Crippen LogP contribution in [-0.4, -0.2) is 10.6 Å². The minimum Gasteiger partial charge on any atom is -0.403 e. The minimum absolute atomic E-state index is 0.833. The molecule has 3 heteroatoms. The number of halogens is 1. The van der Waals surface area contributed by atoms with Gasteiger partial charge in [0.2, 0.25) is 0 Å². The molecule has 1 aliphatic rings. The second-order valence-corrected chi connectivity index (χ2v) is 1.77. The van der Waals surface area contributed by atoms with Gasteiger partial charge in [0.15, 0.2) is 0 Å². The van der Waals surface area contributed by atoms with Gasteiger partial charge in [-0.2, -0.15) is 0 Å². The third-order valence-corrected chi connectivity index (χ3v) is 0.977. The lowest BCUT2D eigenvalue weighted by Gasteiger charge is -1.98. The van der Waals surface area contributed by atoms with Gasteiger partial charge in [-0.05, 0) is 6.08 Å². The first kappa shape index (κ1) is 4.15. The summed E-state index contributed by atoms with van der Waals surface area (Å²) in [5.74, 6) is 0. The van der Waals surface area contributed by atoms with Crippen LogP contribution in [0.2, 0.25) is 0 Å². The summed E-state index contributed by atoms with van der Waals surface area (Å²) in [5.41, 5.74) is 0. The third kappa shape index (κ3) is 0.725. The Bertz CT molecular complexity index is 65.2. The van der Waals surface area contributed by atoms with Gasteiger partial charge in [-0.3, -0.25) is 0 Å². The van der Waals surface area contributed by atoms with E-state index in [2.05, 4.69) is 16.1 Å². The van der Waals surface area contributed by atoms with E-state index in [4.69, 9.17) is 4.84 Å². The highest BCUT2D eigenvalue weighted by Gasteiger charge is 1.98. The summed E-state index contributed by atoms with van der Waals surface area (Å²) in [6, 6.07) is 0. The van der Waals surface area contributed by atoms with Crippen LogP contribution in [0.5, 0.6) is 0 Å². The van der Waals surface area contributed by atoms with Crippen LogP contribution in [0.3, 0.4) is 0 Å². The number of rotatable bonds is 0. The molecule has 0 saturated carbocycles. The lowest BCUT2D eigenvalue weighted by atomic mass is 10.7. The first-order valence-corrected chi connectivity index (χ1v) is 2.35. The first-order chi connectivity index (χ1) is 2.89. The fourth-order valence-electron chi connectivity index (χ4n) is 0.278. The highest BCUT2D eigenvalue weighted by Crippen LogP contribution is 2.04. The van der Waals surface area contributed by atoms with Gasteiger partial charge in [0.1, 0.15) is 6.26 Å². The molecular weight excluding hydrogens is 146 g/mol. The molecule has 1 aliphatic heterocycles. The highest BCUT2D eigenvalue weighted by atomic mass is 79.9. The lowest BCUT2D eigenvalue weighted by molar-refractivity contribution is 0.0384. The Balaban J connectivity index is 2.32. The fraction of sp³-hybridized carbons (Fsp3) is 0.333. The van der Waals surface area contributed by atoms with Crippen molar-refractivity contribution in [1.82, 2.24) is 4.09 Å². The van der Waals surface area contributed by atoms with Crippen molar-refractivity contribution in [3.05, 3.63) is 12.3 Å². The Morgan fingerprint density at radius 3 is 2.83 bits per heavy atom. The summed E-state index contributed by atoms with van der Waals surface area (Å²) in [6.45, 7) is 0.833. The second-order valence-electron chi connectivity index (χ2n) is 0.977. The largest absolute Gasteiger partial charge is 0.403 e. The summed E-state index contributed by atoms with van der Waals surface area (Å²) in [4.78, 5) is 4.72. The van der Waals surface area contributed by atoms with Crippen molar-refractivity contribution < 1.29 is 4.84 Å². The monoisotopic (exact) mass is 149 g/mol. The van der Waals surface area contributed by atoms with E-state index in [1.54, 1.807) is 10.4 Å². The average molecular weight is 150 g/mol. The van der Waals surface area contributed by atoms with E-state index >= 15 is 0 Å². The second kappa shape index (κ2) is 1.62. The highest BCUT2D eigenvalue weighted by molar-refractivity contribution is 9.07. The summed E-state index contributed by atoms with van der Waals surface area (Å²) in [6.07, 6.45) is 3.55. The Hall–Kier alpha value is -0.0200. The molecule has 1 heterocycles. The van der Waals surface area contributed by atoms with E-state index in [1.165, 1.54) is 0 Å². The van der Waals surface area contributed by atoms with Crippen molar-refractivity contribution in [3.63, 3.8) is 0 Å². The van der Waals surface area contributed by atoms with Crippen molar-refractivity contribution in [2.75, 3.05) is 6.54 Å². The molecule has 1 rings (SSSR count). The van der Waals surface area contributed by atoms with Crippen LogP contribution in [0, 0.1) is 0 Å². The molecule has 34 valence electrons. The molecule has 0 spiro atoms. The minimum atomic E-state index is 0.833. The van der Waals surface area contributed by atoms with Gasteiger partial charge in [-0.15, -0.1) is 0 Å². The zero-order chi connectivity index (χ0) is 4.41. The molecule has 0 aromatic carbocycles. The SMILES string of the molecule is BrN1CC=CO1. The van der Waals surface area contributed by atoms with Gasteiger partial charge in [0, 0.05) is 0 Å². The Morgan fingerprint density at radius 1 is 1.83 bits per heavy atom. The Morgan fingerprint density at radius 2 is 2.67 bits per heavy atom. The zero-order valence-corrected chi connectivity index (χ0v) is 4.68. The van der Waals surface area contributed by atoms with Gasteiger partial charge < -0.3 is 4.84 Å². The van der Waals surface area contributed by atoms with Crippen molar-refractivity contribution >= 4 is 16.1 Å². The zero-order valence-electron chi connectivity index (χ0n) is 3.10. The average Bonchev–Trinajstić information content (AvgIpc) is 1.86. The van der Waals surface area contributed by atoms with Crippen LogP contribution in [0.25, 0.3) is 0 Å². The maximum atomic E-state index is 4.72. The predicted octanol–water partition coefficient (Wildman–Crippen LogP) is 1.06. The van der Waals surface area contributed by atoms with Crippen molar-refractivity contribution in [1.29, 1.82) is 0 Å². The summed E-state index contributed by atoms with van der Waals surface area (Å²) in [5, 5.41) is 0. The maximum absolute atomic E-state index is 4.72. The molecule has 0 aromatic heterocycles. The lowest BCUT2D eigenvalue weighted by Crippen LogP contribution is -2.00. The van der Waals surface area contributed by atoms with Gasteiger partial charge in [0.25, 0.3) is 0 Å². The predicted molar refractivity (Wildman–Crippen MR) is 25.9 cm³/mol. The first-order valence-electron chi connectivity index (χ1n) is 1.65. The van der Waals surface area contributed by atoms with E-state index in [1.807, 2.05) is 6.08 Å². The van der Waals surface area contributed by atoms with E-state index in [0.29, 0.717) is 0 Å². The van der Waals surface area contributed by atoms with E-state index in [-0.39, 0.29) is 0 Å². The fourth-order valence-corrected chi connectivity index (χ4v) is 0.542. The quantitative estimate of drug-likeness (QED) is 0.478. The van der Waals surface area contributed by atoms with Crippen LogP contribution < -0.4 is 0 Å². The molecule has 0 amide bonds. The number of nitrogens with zero attached hydrogens (tertiary/aromatic N) is 1. The molecule has 6 heavy (non-hydrogen) atoms. The van der Waals surface area contributed by atoms with Crippen LogP contribution in [0.1, 0.15) is 0 Å². The van der Waals surface area contributed by atoms with E-state index < -0.39 is 0 Å². The third-order valence-electron chi connectivity index (χ3n) is 0.520. The van der Waals surface area contributed by atoms with Crippen LogP contribution in [0.4, 0.5) is 0 Å². The maximum Gasteiger partial charge on any atom is 0.110 e. The molecule has 0 aliphatic carbocycles. The Kier molecular flexibility index (Phi) is 1.12. The van der Waals surface area contributed by atoms with Crippen molar-refractivity contribution in [2.24, 2.45) is 0 Å². The molecule has 0 radical (unpaired) electrons. The molecule has 0 fully saturated rings. The van der Waals surface area contributed by atoms with E-state index in [9.17, 15) is 0 Å². The van der Waals surface area contributed by atoms with Gasteiger partial charge in [-0.1, -0.05) is 4.09 Å². The van der Waals surface area contributed by atoms with Crippen LogP contribution in [-0.2, 0) is 4.84 Å². The van der Waals surface area contributed by atoms with Gasteiger partial charge in [0.05, 0.1) is 22.7 Å². The van der Waals surface area contributed by atoms with E-state index in [0.717, 1.165) is 6.54 Å². The summed E-state index contributed by atoms with van der Waals surface area (Å²) < 4.78 is 1.56. The normalized spacial score (nSPS) is 21.5. The van der Waals surface area contributed by atoms with Crippen molar-refractivity contribution in [2.45, 2.75) is 0 Å². The van der Waals surface area contributed by atoms with Crippen LogP contribution in [0.15, 0.2) is 12.3 Å². The molecule has 0 bridgehead atoms. The van der Waals surface area contributed by atoms with Crippen LogP contribution >= 0.6 is 16.1 Å².